The standard InChI is InChI=1S/C26H18N2/c1-3-11-19(12-4-1)25-26-24(23-17-9-10-18-27(23)25)21-15-7-8-16-22(21)28(26)20-13-5-2-6-14-20/h1-18H. The zero-order chi connectivity index (χ0) is 18.5. The summed E-state index contributed by atoms with van der Waals surface area (Å²) >= 11 is 0. The summed E-state index contributed by atoms with van der Waals surface area (Å²) in [6.45, 7) is 0. The molecule has 2 heteroatoms. The monoisotopic (exact) mass is 358 g/mol. The van der Waals surface area contributed by atoms with E-state index < -0.39 is 0 Å². The van der Waals surface area contributed by atoms with E-state index in [1.54, 1.807) is 0 Å². The van der Waals surface area contributed by atoms with Crippen molar-refractivity contribution in [1.82, 2.24) is 8.97 Å². The highest BCUT2D eigenvalue weighted by Crippen LogP contribution is 2.41. The zero-order valence-corrected chi connectivity index (χ0v) is 15.3. The quantitative estimate of drug-likeness (QED) is 0.326. The van der Waals surface area contributed by atoms with Crippen LogP contribution in [0.15, 0.2) is 109 Å². The fourth-order valence-electron chi connectivity index (χ4n) is 4.40. The third kappa shape index (κ3) is 2.03. The lowest BCUT2D eigenvalue weighted by molar-refractivity contribution is 1.15. The second-order valence-corrected chi connectivity index (χ2v) is 7.08. The Bertz CT molecular complexity index is 1330. The fourth-order valence-corrected chi connectivity index (χ4v) is 4.40. The first kappa shape index (κ1) is 15.3. The minimum atomic E-state index is 1.18. The van der Waals surface area contributed by atoms with Crippen LogP contribution in [0.1, 0.15) is 0 Å². The number of para-hydroxylation sites is 2. The lowest BCUT2D eigenvalue weighted by Crippen LogP contribution is -1.96. The predicted molar refractivity (Wildman–Crippen MR) is 117 cm³/mol. The number of hydrogen-bond donors (Lipinski definition) is 0. The first-order valence-corrected chi connectivity index (χ1v) is 9.56. The molecule has 0 bridgehead atoms. The number of benzene rings is 3. The molecule has 0 saturated carbocycles. The third-order valence-electron chi connectivity index (χ3n) is 5.52. The Morgan fingerprint density at radius 3 is 2.00 bits per heavy atom. The van der Waals surface area contributed by atoms with Gasteiger partial charge in [-0.05, 0) is 30.3 Å². The first-order valence-electron chi connectivity index (χ1n) is 9.56. The van der Waals surface area contributed by atoms with Crippen molar-refractivity contribution in [2.24, 2.45) is 0 Å². The van der Waals surface area contributed by atoms with Gasteiger partial charge in [0.25, 0.3) is 0 Å². The van der Waals surface area contributed by atoms with Crippen LogP contribution in [-0.4, -0.2) is 8.97 Å². The van der Waals surface area contributed by atoms with Gasteiger partial charge in [0, 0.05) is 28.2 Å². The Labute approximate surface area is 162 Å². The maximum atomic E-state index is 2.40. The summed E-state index contributed by atoms with van der Waals surface area (Å²) in [5.41, 5.74) is 7.36. The summed E-state index contributed by atoms with van der Waals surface area (Å²) in [6, 6.07) is 36.5. The number of hydrogen-bond acceptors (Lipinski definition) is 0. The minimum Gasteiger partial charge on any atom is -0.314 e. The minimum absolute atomic E-state index is 1.18. The van der Waals surface area contributed by atoms with Gasteiger partial charge in [0.15, 0.2) is 0 Å². The summed E-state index contributed by atoms with van der Waals surface area (Å²) in [5.74, 6) is 0. The zero-order valence-electron chi connectivity index (χ0n) is 15.3. The fraction of sp³-hybridized carbons (Fsp3) is 0. The van der Waals surface area contributed by atoms with Gasteiger partial charge >= 0.3 is 0 Å². The van der Waals surface area contributed by atoms with Crippen LogP contribution in [0.4, 0.5) is 0 Å². The van der Waals surface area contributed by atoms with Crippen molar-refractivity contribution in [2.45, 2.75) is 0 Å². The first-order chi connectivity index (χ1) is 13.9. The number of nitrogens with zero attached hydrogens (tertiary/aromatic N) is 2. The molecule has 0 aliphatic heterocycles. The molecule has 0 N–H and O–H groups in total. The Kier molecular flexibility index (Phi) is 3.20. The molecule has 2 nitrogen and oxygen atoms in total. The van der Waals surface area contributed by atoms with Gasteiger partial charge in [0.2, 0.25) is 0 Å². The van der Waals surface area contributed by atoms with Crippen molar-refractivity contribution >= 4 is 27.3 Å². The molecule has 0 aliphatic rings. The van der Waals surface area contributed by atoms with Gasteiger partial charge in [0.1, 0.15) is 0 Å². The molecule has 0 unspecified atom stereocenters. The van der Waals surface area contributed by atoms with Gasteiger partial charge in [-0.2, -0.15) is 0 Å². The average Bonchev–Trinajstić information content (AvgIpc) is 3.27. The number of pyridine rings is 1. The molecule has 0 radical (unpaired) electrons. The van der Waals surface area contributed by atoms with E-state index in [0.717, 1.165) is 0 Å². The Hall–Kier alpha value is -3.78. The third-order valence-corrected chi connectivity index (χ3v) is 5.52. The van der Waals surface area contributed by atoms with E-state index in [1.807, 2.05) is 0 Å². The lowest BCUT2D eigenvalue weighted by Gasteiger charge is -2.10. The Balaban J connectivity index is 1.93. The maximum Gasteiger partial charge on any atom is 0.0809 e. The van der Waals surface area contributed by atoms with Gasteiger partial charge in [-0.3, -0.25) is 0 Å². The van der Waals surface area contributed by atoms with E-state index in [9.17, 15) is 0 Å². The van der Waals surface area contributed by atoms with E-state index in [0.29, 0.717) is 0 Å². The second kappa shape index (κ2) is 5.86. The van der Waals surface area contributed by atoms with Gasteiger partial charge in [0.05, 0.1) is 22.2 Å². The molecule has 0 saturated heterocycles. The van der Waals surface area contributed by atoms with Crippen LogP contribution in [0.25, 0.3) is 44.3 Å². The normalized spacial score (nSPS) is 11.6. The summed E-state index contributed by atoms with van der Waals surface area (Å²) in [7, 11) is 0. The second-order valence-electron chi connectivity index (χ2n) is 7.08. The largest absolute Gasteiger partial charge is 0.314 e. The Morgan fingerprint density at radius 2 is 1.18 bits per heavy atom. The Morgan fingerprint density at radius 1 is 0.536 bits per heavy atom. The van der Waals surface area contributed by atoms with E-state index >= 15 is 0 Å². The van der Waals surface area contributed by atoms with E-state index in [2.05, 4.69) is 118 Å². The molecule has 3 aromatic carbocycles. The molecular formula is C26H18N2. The molecule has 3 heterocycles. The van der Waals surface area contributed by atoms with Crippen LogP contribution in [0.3, 0.4) is 0 Å². The van der Waals surface area contributed by atoms with E-state index in [-0.39, 0.29) is 0 Å². The van der Waals surface area contributed by atoms with Gasteiger partial charge in [-0.25, -0.2) is 0 Å². The van der Waals surface area contributed by atoms with Crippen LogP contribution in [0, 0.1) is 0 Å². The summed E-state index contributed by atoms with van der Waals surface area (Å²) in [4.78, 5) is 0. The molecule has 0 atom stereocenters. The molecular weight excluding hydrogens is 340 g/mol. The molecule has 0 spiro atoms. The van der Waals surface area contributed by atoms with Crippen LogP contribution in [-0.2, 0) is 0 Å². The average molecular weight is 358 g/mol. The summed E-state index contributed by atoms with van der Waals surface area (Å²) < 4.78 is 4.73. The highest BCUT2D eigenvalue weighted by Gasteiger charge is 2.21. The number of rotatable bonds is 2. The van der Waals surface area contributed by atoms with Crippen molar-refractivity contribution in [2.75, 3.05) is 0 Å². The van der Waals surface area contributed by atoms with Crippen LogP contribution < -0.4 is 0 Å². The summed E-state index contributed by atoms with van der Waals surface area (Å²) in [5, 5.41) is 2.59. The number of aromatic nitrogens is 2. The van der Waals surface area contributed by atoms with Crippen LogP contribution in [0.2, 0.25) is 0 Å². The molecule has 0 amide bonds. The SMILES string of the molecule is c1ccc(-c2c3c(c4ccccc4n3-c3ccccc3)c3ccccn23)cc1. The predicted octanol–water partition coefficient (Wildman–Crippen LogP) is 6.70. The summed E-state index contributed by atoms with van der Waals surface area (Å²) in [6.07, 6.45) is 2.17. The molecule has 132 valence electrons. The number of fused-ring (bicyclic) bond motifs is 5. The van der Waals surface area contributed by atoms with Gasteiger partial charge in [-0.1, -0.05) is 72.8 Å². The van der Waals surface area contributed by atoms with Crippen molar-refractivity contribution in [3.8, 4) is 16.9 Å². The maximum absolute atomic E-state index is 2.40. The molecule has 3 aromatic heterocycles. The topological polar surface area (TPSA) is 9.34 Å². The van der Waals surface area contributed by atoms with Crippen LogP contribution >= 0.6 is 0 Å². The van der Waals surface area contributed by atoms with Crippen molar-refractivity contribution in [3.05, 3.63) is 109 Å². The smallest absolute Gasteiger partial charge is 0.0809 e. The van der Waals surface area contributed by atoms with Crippen molar-refractivity contribution in [3.63, 3.8) is 0 Å². The van der Waals surface area contributed by atoms with Gasteiger partial charge < -0.3 is 8.97 Å². The van der Waals surface area contributed by atoms with E-state index in [1.165, 1.54) is 44.3 Å². The van der Waals surface area contributed by atoms with Crippen molar-refractivity contribution in [1.29, 1.82) is 0 Å². The highest BCUT2D eigenvalue weighted by atomic mass is 15.0. The van der Waals surface area contributed by atoms with E-state index in [4.69, 9.17) is 0 Å². The molecule has 0 fully saturated rings. The highest BCUT2D eigenvalue weighted by molar-refractivity contribution is 6.21. The molecule has 6 aromatic rings. The van der Waals surface area contributed by atoms with Crippen LogP contribution in [0.5, 0.6) is 0 Å². The molecule has 6 rings (SSSR count). The van der Waals surface area contributed by atoms with Gasteiger partial charge in [-0.15, -0.1) is 0 Å². The molecule has 28 heavy (non-hydrogen) atoms. The van der Waals surface area contributed by atoms with Crippen molar-refractivity contribution < 1.29 is 0 Å². The molecule has 0 aliphatic carbocycles. The lowest BCUT2D eigenvalue weighted by atomic mass is 10.1.